The molecule has 0 unspecified atom stereocenters. The molecule has 0 saturated carbocycles. The van der Waals surface area contributed by atoms with Crippen LogP contribution in [-0.4, -0.2) is 55.8 Å². The van der Waals surface area contributed by atoms with Gasteiger partial charge in [-0.1, -0.05) is 24.3 Å². The first-order chi connectivity index (χ1) is 8.37. The Bertz CT molecular complexity index is 366. The summed E-state index contributed by atoms with van der Waals surface area (Å²) in [5.74, 6) is 0. The van der Waals surface area contributed by atoms with Crippen LogP contribution in [0.5, 0.6) is 0 Å². The van der Waals surface area contributed by atoms with Gasteiger partial charge < -0.3 is 30.2 Å². The maximum atomic E-state index is 5.45. The monoisotopic (exact) mass is 305 g/mol. The van der Waals surface area contributed by atoms with E-state index in [0.29, 0.717) is 0 Å². The van der Waals surface area contributed by atoms with Gasteiger partial charge in [-0.2, -0.15) is 0 Å². The third kappa shape index (κ3) is 4.87. The Morgan fingerprint density at radius 3 is 1.63 bits per heavy atom. The highest BCUT2D eigenvalue weighted by molar-refractivity contribution is 6.75. The molecule has 4 nitrogen and oxygen atoms in total. The molecule has 1 rings (SSSR count). The summed E-state index contributed by atoms with van der Waals surface area (Å²) in [4.78, 5) is 0. The van der Waals surface area contributed by atoms with Crippen LogP contribution < -0.4 is 17.6 Å². The fourth-order valence-corrected chi connectivity index (χ4v) is 3.75. The zero-order valence-corrected chi connectivity index (χ0v) is 14.3. The molecule has 0 amide bonds. The normalized spacial score (nSPS) is 12.1. The van der Waals surface area contributed by atoms with E-state index in [2.05, 4.69) is 33.3 Å². The third-order valence-electron chi connectivity index (χ3n) is 2.77. The van der Waals surface area contributed by atoms with Crippen molar-refractivity contribution < 1.29 is 30.2 Å². The van der Waals surface area contributed by atoms with Crippen molar-refractivity contribution in [1.82, 2.24) is 0 Å². The largest absolute Gasteiger partial charge is 1.00 e. The first-order valence-electron chi connectivity index (χ1n) is 5.92. The van der Waals surface area contributed by atoms with Gasteiger partial charge >= 0.3 is 8.80 Å². The summed E-state index contributed by atoms with van der Waals surface area (Å²) in [6, 6.07) is 8.29. The van der Waals surface area contributed by atoms with Crippen LogP contribution in [-0.2, 0) is 19.8 Å². The van der Waals surface area contributed by atoms with Crippen molar-refractivity contribution >= 4 is 14.0 Å². The van der Waals surface area contributed by atoms with Gasteiger partial charge in [-0.3, -0.25) is 0 Å². The number of benzene rings is 1. The predicted octanol–water partition coefficient (Wildman–Crippen LogP) is -2.02. The van der Waals surface area contributed by atoms with Crippen molar-refractivity contribution in [3.8, 4) is 0 Å². The Labute approximate surface area is 123 Å². The molecule has 110 valence electrons. The molecule has 0 aromatic heterocycles. The van der Waals surface area contributed by atoms with E-state index in [9.17, 15) is 0 Å². The second kappa shape index (κ2) is 7.38. The predicted molar refractivity (Wildman–Crippen MR) is 74.6 cm³/mol. The van der Waals surface area contributed by atoms with E-state index >= 15 is 0 Å². The van der Waals surface area contributed by atoms with E-state index < -0.39 is 8.80 Å². The molecule has 0 spiro atoms. The molecule has 0 bridgehead atoms. The van der Waals surface area contributed by atoms with E-state index in [4.69, 9.17) is 13.3 Å². The minimum atomic E-state index is -2.68. The quantitative estimate of drug-likeness (QED) is 0.449. The number of hydrogen-bond acceptors (Lipinski definition) is 3. The van der Waals surface area contributed by atoms with Crippen LogP contribution in [0.1, 0.15) is 5.56 Å². The average Bonchev–Trinajstić information content (AvgIpc) is 2.32. The standard InChI is InChI=1S/C13H24NO3Si.ClH/c1-14(2,3)11-12-7-9-13(10-8-12)18(15-4,16-5)17-6;/h7-10H,11H2,1-6H3;1H/q+1;/p-1. The van der Waals surface area contributed by atoms with E-state index in [1.807, 2.05) is 12.1 Å². The van der Waals surface area contributed by atoms with Gasteiger partial charge in [0.05, 0.1) is 21.1 Å². The van der Waals surface area contributed by atoms with Crippen LogP contribution >= 0.6 is 0 Å². The van der Waals surface area contributed by atoms with Gasteiger partial charge in [0.1, 0.15) is 6.54 Å². The second-order valence-electron chi connectivity index (χ2n) is 5.31. The van der Waals surface area contributed by atoms with Gasteiger partial charge in [-0.15, -0.1) is 0 Å². The van der Waals surface area contributed by atoms with Crippen LogP contribution in [0.15, 0.2) is 24.3 Å². The first kappa shape index (κ1) is 18.6. The SMILES string of the molecule is CO[Si](OC)(OC)c1ccc(C[N+](C)(C)C)cc1.[Cl-]. The van der Waals surface area contributed by atoms with Crippen LogP contribution in [0.4, 0.5) is 0 Å². The number of halogens is 1. The lowest BCUT2D eigenvalue weighted by atomic mass is 10.2. The van der Waals surface area contributed by atoms with Crippen molar-refractivity contribution in [3.05, 3.63) is 29.8 Å². The lowest BCUT2D eigenvalue weighted by Crippen LogP contribution is -3.00. The highest BCUT2D eigenvalue weighted by Gasteiger charge is 2.40. The highest BCUT2D eigenvalue weighted by Crippen LogP contribution is 2.10. The molecule has 0 saturated heterocycles. The second-order valence-corrected chi connectivity index (χ2v) is 8.23. The summed E-state index contributed by atoms with van der Waals surface area (Å²) in [7, 11) is 8.71. The van der Waals surface area contributed by atoms with Crippen molar-refractivity contribution in [2.24, 2.45) is 0 Å². The molecule has 0 aliphatic heterocycles. The van der Waals surface area contributed by atoms with Gasteiger partial charge in [0, 0.05) is 32.1 Å². The lowest BCUT2D eigenvalue weighted by Gasteiger charge is -2.26. The topological polar surface area (TPSA) is 27.7 Å². The van der Waals surface area contributed by atoms with Crippen molar-refractivity contribution in [2.75, 3.05) is 42.5 Å². The van der Waals surface area contributed by atoms with Gasteiger partial charge in [-0.25, -0.2) is 0 Å². The minimum Gasteiger partial charge on any atom is -1.00 e. The zero-order chi connectivity index (χ0) is 13.8. The maximum absolute atomic E-state index is 5.45. The summed E-state index contributed by atoms with van der Waals surface area (Å²) in [5.41, 5.74) is 1.29. The summed E-state index contributed by atoms with van der Waals surface area (Å²) >= 11 is 0. The molecule has 0 radical (unpaired) electrons. The van der Waals surface area contributed by atoms with E-state index in [1.54, 1.807) is 21.3 Å². The first-order valence-corrected chi connectivity index (χ1v) is 7.64. The Hall–Kier alpha value is -0.433. The molecule has 0 aliphatic rings. The highest BCUT2D eigenvalue weighted by atomic mass is 35.5. The van der Waals surface area contributed by atoms with Crippen molar-refractivity contribution in [2.45, 2.75) is 6.54 Å². The molecule has 19 heavy (non-hydrogen) atoms. The third-order valence-corrected chi connectivity index (χ3v) is 5.42. The summed E-state index contributed by atoms with van der Waals surface area (Å²) in [6.07, 6.45) is 0. The molecule has 0 fully saturated rings. The number of hydrogen-bond donors (Lipinski definition) is 0. The Morgan fingerprint density at radius 2 is 1.32 bits per heavy atom. The Balaban J connectivity index is 0.00000324. The summed E-state index contributed by atoms with van der Waals surface area (Å²) in [6.45, 7) is 0.988. The van der Waals surface area contributed by atoms with Crippen LogP contribution in [0.3, 0.4) is 0 Å². The van der Waals surface area contributed by atoms with Gasteiger partial charge in [-0.05, 0) is 0 Å². The number of nitrogens with zero attached hydrogens (tertiary/aromatic N) is 1. The summed E-state index contributed by atoms with van der Waals surface area (Å²) < 4.78 is 17.3. The molecule has 1 aromatic rings. The Morgan fingerprint density at radius 1 is 0.895 bits per heavy atom. The lowest BCUT2D eigenvalue weighted by molar-refractivity contribution is -0.884. The van der Waals surface area contributed by atoms with Crippen LogP contribution in [0.25, 0.3) is 0 Å². The molecule has 0 N–H and O–H groups in total. The van der Waals surface area contributed by atoms with E-state index in [-0.39, 0.29) is 12.4 Å². The smallest absolute Gasteiger partial charge is 0.536 e. The van der Waals surface area contributed by atoms with E-state index in [0.717, 1.165) is 16.2 Å². The number of quaternary nitrogens is 1. The molecule has 0 heterocycles. The molecule has 6 heteroatoms. The van der Waals surface area contributed by atoms with Crippen molar-refractivity contribution in [3.63, 3.8) is 0 Å². The maximum Gasteiger partial charge on any atom is 0.536 e. The van der Waals surface area contributed by atoms with Gasteiger partial charge in [0.25, 0.3) is 0 Å². The zero-order valence-electron chi connectivity index (χ0n) is 12.6. The fourth-order valence-electron chi connectivity index (χ4n) is 1.97. The number of rotatable bonds is 6. The molecular formula is C13H24ClNO3Si. The van der Waals surface area contributed by atoms with E-state index in [1.165, 1.54) is 5.56 Å². The Kier molecular flexibility index (Phi) is 7.21. The van der Waals surface area contributed by atoms with Crippen LogP contribution in [0, 0.1) is 0 Å². The molecule has 1 aromatic carbocycles. The molecule has 0 atom stereocenters. The molecule has 0 aliphatic carbocycles. The fraction of sp³-hybridized carbons (Fsp3) is 0.538. The average molecular weight is 306 g/mol. The minimum absolute atomic E-state index is 0. The molecular weight excluding hydrogens is 282 g/mol. The van der Waals surface area contributed by atoms with Gasteiger partial charge in [0.2, 0.25) is 0 Å². The van der Waals surface area contributed by atoms with Gasteiger partial charge in [0.15, 0.2) is 0 Å². The van der Waals surface area contributed by atoms with Crippen molar-refractivity contribution in [1.29, 1.82) is 0 Å². The summed E-state index contributed by atoms with van der Waals surface area (Å²) in [5, 5.41) is 0.986. The van der Waals surface area contributed by atoms with Crippen LogP contribution in [0.2, 0.25) is 0 Å².